The molecule has 9 heteroatoms. The quantitative estimate of drug-likeness (QED) is 0.0864. The molecule has 2 unspecified atom stereocenters. The van der Waals surface area contributed by atoms with E-state index in [1.54, 1.807) is 0 Å². The van der Waals surface area contributed by atoms with Crippen molar-refractivity contribution in [1.29, 1.82) is 0 Å². The van der Waals surface area contributed by atoms with E-state index < -0.39 is 20.7 Å². The molecule has 0 amide bonds. The molecule has 0 fully saturated rings. The first-order chi connectivity index (χ1) is 18.7. The molecule has 0 saturated carbocycles. The summed E-state index contributed by atoms with van der Waals surface area (Å²) in [5, 5.41) is 0. The van der Waals surface area contributed by atoms with Gasteiger partial charge in [-0.1, -0.05) is 68.1 Å². The number of unbranched alkanes of at least 4 members (excludes halogenated alkanes) is 5. The minimum Gasteiger partial charge on any atom is -0.494 e. The molecular weight excluding hydrogens is 517 g/mol. The smallest absolute Gasteiger partial charge is 0.330 e. The highest BCUT2D eigenvalue weighted by Gasteiger charge is 2.18. The summed E-state index contributed by atoms with van der Waals surface area (Å²) in [5.41, 5.74) is 2.40. The van der Waals surface area contributed by atoms with Crippen molar-refractivity contribution in [1.82, 2.24) is 0 Å². The molecule has 2 aromatic carbocycles. The van der Waals surface area contributed by atoms with Gasteiger partial charge in [-0.15, -0.1) is 0 Å². The standard InChI is InChI=1S/C30H47NO7P/c1-26(32)38-30(25-37-39(33)36-23-20-31(2,3)4)24-34-21-12-7-5-6-8-13-22-35-29-18-16-28(17-19-29)27-14-10-9-11-15-27/h9-11,14-19,30,33H,5-8,12-13,20-25H2,1-4H3/q+1. The number of nitrogens with zero attached hydrogens (tertiary/aromatic N) is 1. The Morgan fingerprint density at radius 2 is 1.41 bits per heavy atom. The molecule has 0 aliphatic carbocycles. The highest BCUT2D eigenvalue weighted by Crippen LogP contribution is 2.32. The molecule has 218 valence electrons. The van der Waals surface area contributed by atoms with Crippen LogP contribution in [0.3, 0.4) is 0 Å². The van der Waals surface area contributed by atoms with E-state index in [1.807, 2.05) is 51.5 Å². The first-order valence-electron chi connectivity index (χ1n) is 13.8. The average molecular weight is 565 g/mol. The number of carbonyl (C=O) groups excluding carboxylic acids is 1. The van der Waals surface area contributed by atoms with Crippen LogP contribution in [0.1, 0.15) is 45.4 Å². The van der Waals surface area contributed by atoms with Crippen LogP contribution in [0.25, 0.3) is 11.1 Å². The molecule has 39 heavy (non-hydrogen) atoms. The Morgan fingerprint density at radius 3 is 2.05 bits per heavy atom. The van der Waals surface area contributed by atoms with E-state index in [4.69, 9.17) is 23.3 Å². The first kappa shape index (κ1) is 33.1. The lowest BCUT2D eigenvalue weighted by Gasteiger charge is -2.24. The molecule has 0 bridgehead atoms. The van der Waals surface area contributed by atoms with Crippen molar-refractivity contribution >= 4 is 14.6 Å². The van der Waals surface area contributed by atoms with Crippen LogP contribution < -0.4 is 4.74 Å². The molecule has 2 atom stereocenters. The minimum atomic E-state index is -2.01. The van der Waals surface area contributed by atoms with Crippen molar-refractivity contribution in [2.45, 2.75) is 51.6 Å². The van der Waals surface area contributed by atoms with Gasteiger partial charge in [0.15, 0.2) is 0 Å². The van der Waals surface area contributed by atoms with E-state index in [0.29, 0.717) is 13.2 Å². The number of benzene rings is 2. The fourth-order valence-corrected chi connectivity index (χ4v) is 4.33. The molecule has 0 aliphatic rings. The van der Waals surface area contributed by atoms with Gasteiger partial charge in [0.2, 0.25) is 0 Å². The van der Waals surface area contributed by atoms with Crippen LogP contribution in [-0.4, -0.2) is 82.2 Å². The maximum atomic E-state index is 11.4. The van der Waals surface area contributed by atoms with E-state index >= 15 is 0 Å². The van der Waals surface area contributed by atoms with Gasteiger partial charge in [-0.2, -0.15) is 0 Å². The third-order valence-corrected chi connectivity index (χ3v) is 6.66. The number of likely N-dealkylation sites (N-methyl/N-ethyl adjacent to an activating group) is 1. The van der Waals surface area contributed by atoms with Crippen LogP contribution in [-0.2, 0) is 23.3 Å². The lowest BCUT2D eigenvalue weighted by atomic mass is 10.1. The van der Waals surface area contributed by atoms with E-state index in [1.165, 1.54) is 18.1 Å². The Kier molecular flexibility index (Phi) is 16.2. The number of rotatable bonds is 21. The number of carbonyl (C=O) groups is 1. The second kappa shape index (κ2) is 19.1. The third-order valence-electron chi connectivity index (χ3n) is 5.88. The zero-order valence-electron chi connectivity index (χ0n) is 24.0. The lowest BCUT2D eigenvalue weighted by molar-refractivity contribution is -0.870. The van der Waals surface area contributed by atoms with Crippen LogP contribution in [0.15, 0.2) is 54.6 Å². The summed E-state index contributed by atoms with van der Waals surface area (Å²) in [4.78, 5) is 21.3. The number of hydrogen-bond acceptors (Lipinski definition) is 7. The molecule has 8 nitrogen and oxygen atoms in total. The molecule has 0 aliphatic heterocycles. The van der Waals surface area contributed by atoms with E-state index in [0.717, 1.165) is 61.9 Å². The van der Waals surface area contributed by atoms with Gasteiger partial charge in [0, 0.05) is 13.5 Å². The third kappa shape index (κ3) is 16.6. The number of ether oxygens (including phenoxy) is 3. The molecule has 1 N–H and O–H groups in total. The van der Waals surface area contributed by atoms with Gasteiger partial charge in [0.1, 0.15) is 25.0 Å². The molecule has 0 saturated heterocycles. The largest absolute Gasteiger partial charge is 0.494 e. The van der Waals surface area contributed by atoms with Gasteiger partial charge in [-0.3, -0.25) is 4.79 Å². The zero-order valence-corrected chi connectivity index (χ0v) is 24.9. The Labute approximate surface area is 235 Å². The molecule has 0 heterocycles. The normalized spacial score (nSPS) is 13.2. The second-order valence-electron chi connectivity index (χ2n) is 10.5. The van der Waals surface area contributed by atoms with Crippen LogP contribution in [0.4, 0.5) is 0 Å². The van der Waals surface area contributed by atoms with Crippen LogP contribution >= 0.6 is 8.60 Å². The summed E-state index contributed by atoms with van der Waals surface area (Å²) in [6.07, 6.45) is 5.93. The molecular formula is C30H47NO7P+. The Morgan fingerprint density at radius 1 is 0.795 bits per heavy atom. The topological polar surface area (TPSA) is 83.5 Å². The van der Waals surface area contributed by atoms with Crippen molar-refractivity contribution in [3.8, 4) is 16.9 Å². The van der Waals surface area contributed by atoms with E-state index in [-0.39, 0.29) is 13.2 Å². The van der Waals surface area contributed by atoms with Crippen LogP contribution in [0.2, 0.25) is 0 Å². The predicted molar refractivity (Wildman–Crippen MR) is 155 cm³/mol. The summed E-state index contributed by atoms with van der Waals surface area (Å²) in [7, 11) is 4.11. The van der Waals surface area contributed by atoms with Crippen molar-refractivity contribution in [3.05, 3.63) is 54.6 Å². The fraction of sp³-hybridized carbons (Fsp3) is 0.567. The van der Waals surface area contributed by atoms with E-state index in [9.17, 15) is 9.69 Å². The minimum absolute atomic E-state index is 0.0331. The Balaban J connectivity index is 1.47. The number of quaternary nitrogens is 1. The van der Waals surface area contributed by atoms with Gasteiger partial charge < -0.3 is 32.6 Å². The Bertz CT molecular complexity index is 906. The predicted octanol–water partition coefficient (Wildman–Crippen LogP) is 5.98. The summed E-state index contributed by atoms with van der Waals surface area (Å²) in [5.74, 6) is 0.501. The van der Waals surface area contributed by atoms with Crippen molar-refractivity contribution in [2.75, 3.05) is 60.7 Å². The first-order valence-corrected chi connectivity index (χ1v) is 14.9. The van der Waals surface area contributed by atoms with Gasteiger partial charge in [0.05, 0.1) is 41.0 Å². The van der Waals surface area contributed by atoms with Gasteiger partial charge >= 0.3 is 14.6 Å². The molecule has 0 spiro atoms. The SMILES string of the molecule is CC(=O)OC(COCCCCCCCCOc1ccc(-c2ccccc2)cc1)COP(O)OCC[N+](C)(C)C. The van der Waals surface area contributed by atoms with Crippen molar-refractivity contribution in [3.63, 3.8) is 0 Å². The monoisotopic (exact) mass is 564 g/mol. The number of hydrogen-bond donors (Lipinski definition) is 1. The highest BCUT2D eigenvalue weighted by molar-refractivity contribution is 7.40. The summed E-state index contributed by atoms with van der Waals surface area (Å²) < 4.78 is 28.2. The molecule has 0 radical (unpaired) electrons. The van der Waals surface area contributed by atoms with Crippen molar-refractivity contribution in [2.24, 2.45) is 0 Å². The fourth-order valence-electron chi connectivity index (χ4n) is 3.72. The average Bonchev–Trinajstić information content (AvgIpc) is 2.90. The van der Waals surface area contributed by atoms with Crippen LogP contribution in [0, 0.1) is 0 Å². The van der Waals surface area contributed by atoms with E-state index in [2.05, 4.69) is 24.3 Å². The number of esters is 1. The maximum absolute atomic E-state index is 11.4. The van der Waals surface area contributed by atoms with Gasteiger partial charge in [-0.25, -0.2) is 0 Å². The summed E-state index contributed by atoms with van der Waals surface area (Å²) in [6.45, 7) is 4.06. The van der Waals surface area contributed by atoms with Crippen molar-refractivity contribution < 1.29 is 37.4 Å². The molecule has 2 rings (SSSR count). The second-order valence-corrected chi connectivity index (χ2v) is 11.5. The Hall–Kier alpha value is -2.06. The lowest BCUT2D eigenvalue weighted by Crippen LogP contribution is -2.37. The molecule has 2 aromatic rings. The summed E-state index contributed by atoms with van der Waals surface area (Å²) >= 11 is 0. The van der Waals surface area contributed by atoms with Gasteiger partial charge in [0.25, 0.3) is 0 Å². The highest BCUT2D eigenvalue weighted by atomic mass is 31.2. The van der Waals surface area contributed by atoms with Crippen LogP contribution in [0.5, 0.6) is 5.75 Å². The molecule has 0 aromatic heterocycles. The summed E-state index contributed by atoms with van der Waals surface area (Å²) in [6, 6.07) is 18.6. The maximum Gasteiger partial charge on any atom is 0.330 e. The zero-order chi connectivity index (χ0) is 28.3. The van der Waals surface area contributed by atoms with Gasteiger partial charge in [-0.05, 0) is 36.1 Å².